The van der Waals surface area contributed by atoms with Crippen molar-refractivity contribution in [1.82, 2.24) is 9.97 Å². The third kappa shape index (κ3) is 5.30. The number of rotatable bonds is 8. The quantitative estimate of drug-likeness (QED) is 0.730. The lowest BCUT2D eigenvalue weighted by molar-refractivity contribution is 0.332. The van der Waals surface area contributed by atoms with Crippen molar-refractivity contribution < 1.29 is 4.74 Å². The molecule has 5 nitrogen and oxygen atoms in total. The summed E-state index contributed by atoms with van der Waals surface area (Å²) in [5.41, 5.74) is 1.20. The van der Waals surface area contributed by atoms with Crippen LogP contribution in [-0.2, 0) is 0 Å². The van der Waals surface area contributed by atoms with Crippen LogP contribution < -0.4 is 15.4 Å². The van der Waals surface area contributed by atoms with Crippen molar-refractivity contribution in [3.8, 4) is 5.75 Å². The highest BCUT2D eigenvalue weighted by molar-refractivity contribution is 5.46. The number of nitrogens with one attached hydrogen (secondary N) is 2. The highest BCUT2D eigenvalue weighted by Gasteiger charge is 1.98. The summed E-state index contributed by atoms with van der Waals surface area (Å²) in [5.74, 6) is 2.54. The van der Waals surface area contributed by atoms with Gasteiger partial charge in [0.15, 0.2) is 0 Å². The van der Waals surface area contributed by atoms with Gasteiger partial charge in [-0.25, -0.2) is 9.97 Å². The summed E-state index contributed by atoms with van der Waals surface area (Å²) in [6, 6.07) is 9.94. The normalized spacial score (nSPS) is 10.2. The van der Waals surface area contributed by atoms with Crippen LogP contribution in [0.4, 0.5) is 11.6 Å². The molecule has 2 aromatic rings. The average Bonchev–Trinajstić information content (AvgIpc) is 2.50. The van der Waals surface area contributed by atoms with Crippen molar-refractivity contribution in [1.29, 1.82) is 0 Å². The predicted octanol–water partition coefficient (Wildman–Crippen LogP) is 3.10. The number of aromatic nitrogens is 2. The largest absolute Gasteiger partial charge is 0.492 e. The monoisotopic (exact) mass is 286 g/mol. The van der Waals surface area contributed by atoms with Gasteiger partial charge in [0, 0.05) is 12.6 Å². The molecule has 5 heteroatoms. The zero-order valence-electron chi connectivity index (χ0n) is 12.6. The molecular formula is C16H22N4O. The zero-order chi connectivity index (χ0) is 14.9. The van der Waals surface area contributed by atoms with Crippen molar-refractivity contribution in [2.45, 2.75) is 20.3 Å². The van der Waals surface area contributed by atoms with Gasteiger partial charge in [-0.15, -0.1) is 0 Å². The standard InChI is InChI=1S/C16H22N4O/c1-3-7-17-15-11-16(20-12-19-15)18-8-9-21-14-6-4-5-13(2)10-14/h4-6,10-12H,3,7-9H2,1-2H3,(H2,17,18,19,20). The van der Waals surface area contributed by atoms with E-state index >= 15 is 0 Å². The molecule has 0 spiro atoms. The van der Waals surface area contributed by atoms with Crippen molar-refractivity contribution >= 4 is 11.6 Å². The van der Waals surface area contributed by atoms with Crippen LogP contribution in [0.25, 0.3) is 0 Å². The molecule has 0 aliphatic carbocycles. The maximum atomic E-state index is 5.68. The lowest BCUT2D eigenvalue weighted by atomic mass is 10.2. The van der Waals surface area contributed by atoms with Crippen LogP contribution >= 0.6 is 0 Å². The molecule has 0 bridgehead atoms. The molecule has 1 heterocycles. The number of benzene rings is 1. The fraction of sp³-hybridized carbons (Fsp3) is 0.375. The van der Waals surface area contributed by atoms with E-state index < -0.39 is 0 Å². The van der Waals surface area contributed by atoms with Crippen molar-refractivity contribution in [3.05, 3.63) is 42.2 Å². The molecule has 0 unspecified atom stereocenters. The van der Waals surface area contributed by atoms with Crippen LogP contribution in [0.5, 0.6) is 5.75 Å². The number of ether oxygens (including phenoxy) is 1. The van der Waals surface area contributed by atoms with Gasteiger partial charge in [-0.3, -0.25) is 0 Å². The summed E-state index contributed by atoms with van der Waals surface area (Å²) in [7, 11) is 0. The van der Waals surface area contributed by atoms with E-state index in [1.54, 1.807) is 6.33 Å². The summed E-state index contributed by atoms with van der Waals surface area (Å²) in [6.07, 6.45) is 2.62. The number of aryl methyl sites for hydroxylation is 1. The molecule has 1 aromatic heterocycles. The molecule has 21 heavy (non-hydrogen) atoms. The maximum Gasteiger partial charge on any atom is 0.131 e. The van der Waals surface area contributed by atoms with E-state index in [9.17, 15) is 0 Å². The molecule has 0 aliphatic heterocycles. The van der Waals surface area contributed by atoms with Gasteiger partial charge in [-0.1, -0.05) is 19.1 Å². The molecule has 0 saturated heterocycles. The molecular weight excluding hydrogens is 264 g/mol. The van der Waals surface area contributed by atoms with E-state index in [2.05, 4.69) is 40.5 Å². The van der Waals surface area contributed by atoms with Gasteiger partial charge in [0.2, 0.25) is 0 Å². The van der Waals surface area contributed by atoms with E-state index in [1.165, 1.54) is 5.56 Å². The van der Waals surface area contributed by atoms with Crippen LogP contribution in [-0.4, -0.2) is 29.7 Å². The van der Waals surface area contributed by atoms with E-state index in [4.69, 9.17) is 4.74 Å². The Kier molecular flexibility index (Phi) is 5.82. The van der Waals surface area contributed by atoms with Gasteiger partial charge in [0.25, 0.3) is 0 Å². The first kappa shape index (κ1) is 15.1. The summed E-state index contributed by atoms with van der Waals surface area (Å²) in [4.78, 5) is 8.36. The van der Waals surface area contributed by atoms with Gasteiger partial charge in [0.05, 0.1) is 6.54 Å². The third-order valence-electron chi connectivity index (χ3n) is 2.89. The minimum Gasteiger partial charge on any atom is -0.492 e. The highest BCUT2D eigenvalue weighted by atomic mass is 16.5. The summed E-state index contributed by atoms with van der Waals surface area (Å²) < 4.78 is 5.68. The lowest BCUT2D eigenvalue weighted by Gasteiger charge is -2.09. The average molecular weight is 286 g/mol. The molecule has 0 saturated carbocycles. The van der Waals surface area contributed by atoms with Gasteiger partial charge in [-0.05, 0) is 31.0 Å². The minimum atomic E-state index is 0.588. The Balaban J connectivity index is 1.75. The van der Waals surface area contributed by atoms with Gasteiger partial charge < -0.3 is 15.4 Å². The molecule has 112 valence electrons. The third-order valence-corrected chi connectivity index (χ3v) is 2.89. The number of anilines is 2. The molecule has 2 N–H and O–H groups in total. The van der Waals surface area contributed by atoms with Gasteiger partial charge >= 0.3 is 0 Å². The van der Waals surface area contributed by atoms with E-state index in [0.29, 0.717) is 13.2 Å². The minimum absolute atomic E-state index is 0.588. The predicted molar refractivity (Wildman–Crippen MR) is 86.0 cm³/mol. The fourth-order valence-electron chi connectivity index (χ4n) is 1.86. The zero-order valence-corrected chi connectivity index (χ0v) is 12.6. The molecule has 0 atom stereocenters. The van der Waals surface area contributed by atoms with E-state index in [1.807, 2.05) is 24.3 Å². The Labute approximate surface area is 125 Å². The number of hydrogen-bond acceptors (Lipinski definition) is 5. The molecule has 0 amide bonds. The topological polar surface area (TPSA) is 59.1 Å². The first-order valence-electron chi connectivity index (χ1n) is 7.27. The Morgan fingerprint density at radius 1 is 1.05 bits per heavy atom. The second-order valence-electron chi connectivity index (χ2n) is 4.81. The van der Waals surface area contributed by atoms with Crippen LogP contribution in [0.15, 0.2) is 36.7 Å². The Hall–Kier alpha value is -2.30. The van der Waals surface area contributed by atoms with Gasteiger partial charge in [-0.2, -0.15) is 0 Å². The molecule has 0 radical (unpaired) electrons. The highest BCUT2D eigenvalue weighted by Crippen LogP contribution is 2.12. The summed E-state index contributed by atoms with van der Waals surface area (Å²) in [5, 5.41) is 6.47. The van der Waals surface area contributed by atoms with Crippen LogP contribution in [0.2, 0.25) is 0 Å². The Morgan fingerprint density at radius 2 is 1.81 bits per heavy atom. The van der Waals surface area contributed by atoms with E-state index in [0.717, 1.165) is 30.4 Å². The summed E-state index contributed by atoms with van der Waals surface area (Å²) in [6.45, 7) is 6.36. The first-order chi connectivity index (χ1) is 10.3. The SMILES string of the molecule is CCCNc1cc(NCCOc2cccc(C)c2)ncn1. The Morgan fingerprint density at radius 3 is 2.52 bits per heavy atom. The molecule has 0 aliphatic rings. The second-order valence-corrected chi connectivity index (χ2v) is 4.81. The maximum absolute atomic E-state index is 5.68. The van der Waals surface area contributed by atoms with Crippen LogP contribution in [0, 0.1) is 6.92 Å². The molecule has 1 aromatic carbocycles. The van der Waals surface area contributed by atoms with Crippen molar-refractivity contribution in [3.63, 3.8) is 0 Å². The Bertz CT molecular complexity index is 559. The van der Waals surface area contributed by atoms with Crippen LogP contribution in [0.1, 0.15) is 18.9 Å². The van der Waals surface area contributed by atoms with Crippen molar-refractivity contribution in [2.75, 3.05) is 30.3 Å². The number of hydrogen-bond donors (Lipinski definition) is 2. The molecule has 0 fully saturated rings. The number of nitrogens with zero attached hydrogens (tertiary/aromatic N) is 2. The van der Waals surface area contributed by atoms with Crippen LogP contribution in [0.3, 0.4) is 0 Å². The van der Waals surface area contributed by atoms with E-state index in [-0.39, 0.29) is 0 Å². The smallest absolute Gasteiger partial charge is 0.131 e. The molecule has 2 rings (SSSR count). The lowest BCUT2D eigenvalue weighted by Crippen LogP contribution is -2.13. The first-order valence-corrected chi connectivity index (χ1v) is 7.27. The fourth-order valence-corrected chi connectivity index (χ4v) is 1.86. The van der Waals surface area contributed by atoms with Crippen molar-refractivity contribution in [2.24, 2.45) is 0 Å². The summed E-state index contributed by atoms with van der Waals surface area (Å²) >= 11 is 0. The second kappa shape index (κ2) is 8.09. The van der Waals surface area contributed by atoms with Gasteiger partial charge in [0.1, 0.15) is 30.3 Å².